The fraction of sp³-hybridized carbons (Fsp3) is 0.600. The van der Waals surface area contributed by atoms with E-state index in [9.17, 15) is 5.11 Å². The minimum Gasteiger partial charge on any atom is -0.508 e. The van der Waals surface area contributed by atoms with Crippen molar-refractivity contribution in [2.45, 2.75) is 59.3 Å². The monoisotopic (exact) mass is 220 g/mol. The molecule has 0 aliphatic heterocycles. The Morgan fingerprint density at radius 1 is 1.00 bits per heavy atom. The highest BCUT2D eigenvalue weighted by atomic mass is 16.3. The van der Waals surface area contributed by atoms with Gasteiger partial charge < -0.3 is 5.11 Å². The highest BCUT2D eigenvalue weighted by Gasteiger charge is 2.06. The third-order valence-electron chi connectivity index (χ3n) is 3.37. The first-order valence-electron chi connectivity index (χ1n) is 6.44. The maximum absolute atomic E-state index is 9.82. The fourth-order valence-corrected chi connectivity index (χ4v) is 2.08. The number of benzene rings is 1. The van der Waals surface area contributed by atoms with Gasteiger partial charge in [-0.1, -0.05) is 38.7 Å². The smallest absolute Gasteiger partial charge is 0.119 e. The molecule has 16 heavy (non-hydrogen) atoms. The highest BCUT2D eigenvalue weighted by Crippen LogP contribution is 2.25. The molecule has 0 radical (unpaired) electrons. The first kappa shape index (κ1) is 13.1. The Hall–Kier alpha value is -0.980. The summed E-state index contributed by atoms with van der Waals surface area (Å²) in [6, 6.07) is 3.81. The molecule has 0 saturated heterocycles. The number of rotatable bonds is 6. The van der Waals surface area contributed by atoms with Crippen LogP contribution in [0.25, 0.3) is 0 Å². The molecular weight excluding hydrogens is 196 g/mol. The lowest BCUT2D eigenvalue weighted by atomic mass is 9.97. The molecule has 0 fully saturated rings. The fourth-order valence-electron chi connectivity index (χ4n) is 2.08. The van der Waals surface area contributed by atoms with Gasteiger partial charge in [-0.05, 0) is 49.4 Å². The first-order valence-corrected chi connectivity index (χ1v) is 6.44. The molecule has 0 saturated carbocycles. The van der Waals surface area contributed by atoms with Gasteiger partial charge in [0.1, 0.15) is 5.75 Å². The second kappa shape index (κ2) is 6.57. The molecule has 1 nitrogen and oxygen atoms in total. The second-order valence-corrected chi connectivity index (χ2v) is 4.67. The van der Waals surface area contributed by atoms with Gasteiger partial charge in [-0.3, -0.25) is 0 Å². The van der Waals surface area contributed by atoms with E-state index in [1.807, 2.05) is 12.1 Å². The standard InChI is InChI=1S/C15H24O/c1-4-5-6-7-8-9-14-13(3)12(2)10-11-15(14)16/h10-11,16H,4-9H2,1-3H3. The molecule has 1 aromatic carbocycles. The van der Waals surface area contributed by atoms with Crippen molar-refractivity contribution >= 4 is 0 Å². The van der Waals surface area contributed by atoms with Crippen molar-refractivity contribution in [3.05, 3.63) is 28.8 Å². The van der Waals surface area contributed by atoms with Gasteiger partial charge in [-0.2, -0.15) is 0 Å². The van der Waals surface area contributed by atoms with Crippen LogP contribution in [-0.4, -0.2) is 5.11 Å². The maximum atomic E-state index is 9.82. The predicted octanol–water partition coefficient (Wildman–Crippen LogP) is 4.52. The van der Waals surface area contributed by atoms with E-state index < -0.39 is 0 Å². The lowest BCUT2D eigenvalue weighted by Gasteiger charge is -2.10. The van der Waals surface area contributed by atoms with Gasteiger partial charge in [0.15, 0.2) is 0 Å². The zero-order valence-electron chi connectivity index (χ0n) is 10.8. The summed E-state index contributed by atoms with van der Waals surface area (Å²) in [4.78, 5) is 0. The zero-order chi connectivity index (χ0) is 12.0. The molecule has 1 heteroatoms. The summed E-state index contributed by atoms with van der Waals surface area (Å²) in [5, 5.41) is 9.82. The van der Waals surface area contributed by atoms with Gasteiger partial charge in [-0.15, -0.1) is 0 Å². The topological polar surface area (TPSA) is 20.2 Å². The normalized spacial score (nSPS) is 10.7. The Morgan fingerprint density at radius 3 is 2.38 bits per heavy atom. The summed E-state index contributed by atoms with van der Waals surface area (Å²) in [5.41, 5.74) is 3.69. The Balaban J connectivity index is 2.50. The maximum Gasteiger partial charge on any atom is 0.119 e. The van der Waals surface area contributed by atoms with E-state index in [1.165, 1.54) is 43.2 Å². The molecule has 0 unspecified atom stereocenters. The van der Waals surface area contributed by atoms with Crippen LogP contribution in [0, 0.1) is 13.8 Å². The summed E-state index contributed by atoms with van der Waals surface area (Å²) in [6.45, 7) is 6.45. The Labute approximate surface area is 99.5 Å². The van der Waals surface area contributed by atoms with E-state index >= 15 is 0 Å². The molecule has 1 aromatic rings. The lowest BCUT2D eigenvalue weighted by molar-refractivity contribution is 0.465. The van der Waals surface area contributed by atoms with Crippen LogP contribution in [0.5, 0.6) is 5.75 Å². The third-order valence-corrected chi connectivity index (χ3v) is 3.37. The molecule has 0 spiro atoms. The molecule has 0 heterocycles. The van der Waals surface area contributed by atoms with Gasteiger partial charge >= 0.3 is 0 Å². The van der Waals surface area contributed by atoms with Crippen LogP contribution in [0.15, 0.2) is 12.1 Å². The Bertz CT molecular complexity index is 328. The molecule has 0 aromatic heterocycles. The molecule has 0 atom stereocenters. The van der Waals surface area contributed by atoms with Crippen molar-refractivity contribution in [2.24, 2.45) is 0 Å². The molecule has 0 aliphatic carbocycles. The quantitative estimate of drug-likeness (QED) is 0.699. The van der Waals surface area contributed by atoms with E-state index in [4.69, 9.17) is 0 Å². The summed E-state index contributed by atoms with van der Waals surface area (Å²) >= 11 is 0. The van der Waals surface area contributed by atoms with Gasteiger partial charge in [0.2, 0.25) is 0 Å². The van der Waals surface area contributed by atoms with E-state index in [-0.39, 0.29) is 0 Å². The average Bonchev–Trinajstić information content (AvgIpc) is 2.28. The van der Waals surface area contributed by atoms with Crippen LogP contribution in [-0.2, 0) is 6.42 Å². The van der Waals surface area contributed by atoms with Gasteiger partial charge in [0.05, 0.1) is 0 Å². The molecule has 1 N–H and O–H groups in total. The minimum absolute atomic E-state index is 0.471. The lowest BCUT2D eigenvalue weighted by Crippen LogP contribution is -1.94. The van der Waals surface area contributed by atoms with Crippen molar-refractivity contribution in [1.82, 2.24) is 0 Å². The second-order valence-electron chi connectivity index (χ2n) is 4.67. The van der Waals surface area contributed by atoms with E-state index in [0.717, 1.165) is 12.0 Å². The van der Waals surface area contributed by atoms with Crippen LogP contribution in [0.4, 0.5) is 0 Å². The molecule has 0 bridgehead atoms. The minimum atomic E-state index is 0.471. The number of phenolic OH excluding ortho intramolecular Hbond substituents is 1. The average molecular weight is 220 g/mol. The summed E-state index contributed by atoms with van der Waals surface area (Å²) in [6.07, 6.45) is 7.43. The van der Waals surface area contributed by atoms with Crippen molar-refractivity contribution in [2.75, 3.05) is 0 Å². The first-order chi connectivity index (χ1) is 7.66. The molecular formula is C15H24O. The van der Waals surface area contributed by atoms with E-state index in [2.05, 4.69) is 20.8 Å². The highest BCUT2D eigenvalue weighted by molar-refractivity contribution is 5.43. The van der Waals surface area contributed by atoms with E-state index in [1.54, 1.807) is 0 Å². The van der Waals surface area contributed by atoms with Crippen LogP contribution >= 0.6 is 0 Å². The summed E-state index contributed by atoms with van der Waals surface area (Å²) < 4.78 is 0. The number of aryl methyl sites for hydroxylation is 1. The summed E-state index contributed by atoms with van der Waals surface area (Å²) in [7, 11) is 0. The number of hydrogen-bond acceptors (Lipinski definition) is 1. The zero-order valence-corrected chi connectivity index (χ0v) is 10.8. The number of hydrogen-bond donors (Lipinski definition) is 1. The van der Waals surface area contributed by atoms with Crippen LogP contribution in [0.2, 0.25) is 0 Å². The SMILES string of the molecule is CCCCCCCc1c(O)ccc(C)c1C. The predicted molar refractivity (Wildman–Crippen MR) is 70.0 cm³/mol. The third kappa shape index (κ3) is 3.55. The van der Waals surface area contributed by atoms with Gasteiger partial charge in [-0.25, -0.2) is 0 Å². The van der Waals surface area contributed by atoms with Gasteiger partial charge in [0.25, 0.3) is 0 Å². The van der Waals surface area contributed by atoms with Crippen molar-refractivity contribution < 1.29 is 5.11 Å². The van der Waals surface area contributed by atoms with Crippen molar-refractivity contribution in [3.8, 4) is 5.75 Å². The number of phenols is 1. The molecule has 1 rings (SSSR count). The Morgan fingerprint density at radius 2 is 1.69 bits per heavy atom. The number of unbranched alkanes of at least 4 members (excludes halogenated alkanes) is 4. The van der Waals surface area contributed by atoms with Crippen LogP contribution < -0.4 is 0 Å². The van der Waals surface area contributed by atoms with Crippen LogP contribution in [0.1, 0.15) is 55.7 Å². The molecule has 90 valence electrons. The molecule has 0 aliphatic rings. The van der Waals surface area contributed by atoms with Crippen LogP contribution in [0.3, 0.4) is 0 Å². The largest absolute Gasteiger partial charge is 0.508 e. The Kier molecular flexibility index (Phi) is 5.37. The van der Waals surface area contributed by atoms with E-state index in [0.29, 0.717) is 5.75 Å². The van der Waals surface area contributed by atoms with Crippen molar-refractivity contribution in [1.29, 1.82) is 0 Å². The number of aromatic hydroxyl groups is 1. The van der Waals surface area contributed by atoms with Gasteiger partial charge in [0, 0.05) is 0 Å². The molecule has 0 amide bonds. The summed E-state index contributed by atoms with van der Waals surface area (Å²) in [5.74, 6) is 0.471. The van der Waals surface area contributed by atoms with Crippen molar-refractivity contribution in [3.63, 3.8) is 0 Å².